The Hall–Kier alpha value is 0.440. The van der Waals surface area contributed by atoms with Crippen molar-refractivity contribution in [2.24, 2.45) is 5.92 Å². The van der Waals surface area contributed by atoms with Crippen LogP contribution in [0.4, 0.5) is 0 Å². The van der Waals surface area contributed by atoms with E-state index in [0.29, 0.717) is 0 Å². The summed E-state index contributed by atoms with van der Waals surface area (Å²) in [5.74, 6) is 0.866. The Morgan fingerprint density at radius 3 is 2.31 bits per heavy atom. The number of hydrogen-bond acceptors (Lipinski definition) is 1. The van der Waals surface area contributed by atoms with Gasteiger partial charge in [-0.15, -0.1) is 0 Å². The molecule has 0 bridgehead atoms. The average Bonchev–Trinajstić information content (AvgIpc) is 2.12. The monoisotopic (exact) mass is 249 g/mol. The highest BCUT2D eigenvalue weighted by Gasteiger charge is 2.04. The minimum absolute atomic E-state index is 0.866. The highest BCUT2D eigenvalue weighted by molar-refractivity contribution is 9.09. The van der Waals surface area contributed by atoms with E-state index in [0.717, 1.165) is 11.2 Å². The van der Waals surface area contributed by atoms with E-state index in [-0.39, 0.29) is 0 Å². The normalized spacial score (nSPS) is 13.6. The molecule has 13 heavy (non-hydrogen) atoms. The third-order valence-corrected chi connectivity index (χ3v) is 2.98. The van der Waals surface area contributed by atoms with Crippen LogP contribution < -0.4 is 0 Å². The molecule has 0 aliphatic heterocycles. The predicted octanol–water partition coefficient (Wildman–Crippen LogP) is 3.53. The third-order valence-electron chi connectivity index (χ3n) is 2.53. The zero-order valence-corrected chi connectivity index (χ0v) is 10.9. The number of hydrogen-bond donors (Lipinski definition) is 0. The fraction of sp³-hybridized carbons (Fsp3) is 1.00. The highest BCUT2D eigenvalue weighted by atomic mass is 79.9. The molecule has 2 heteroatoms. The Labute approximate surface area is 92.0 Å². The predicted molar refractivity (Wildman–Crippen MR) is 64.6 cm³/mol. The molecule has 0 saturated heterocycles. The van der Waals surface area contributed by atoms with Gasteiger partial charge in [-0.25, -0.2) is 0 Å². The van der Waals surface area contributed by atoms with Crippen LogP contribution in [0.25, 0.3) is 0 Å². The molecular weight excluding hydrogens is 226 g/mol. The van der Waals surface area contributed by atoms with Crippen molar-refractivity contribution in [2.45, 2.75) is 40.0 Å². The van der Waals surface area contributed by atoms with E-state index < -0.39 is 0 Å². The summed E-state index contributed by atoms with van der Waals surface area (Å²) in [6.07, 6.45) is 3.93. The van der Waals surface area contributed by atoms with Gasteiger partial charge in [0.25, 0.3) is 0 Å². The van der Waals surface area contributed by atoms with Crippen LogP contribution in [0.2, 0.25) is 0 Å². The van der Waals surface area contributed by atoms with E-state index in [1.807, 2.05) is 0 Å². The van der Waals surface area contributed by atoms with Crippen molar-refractivity contribution >= 4 is 15.9 Å². The summed E-state index contributed by atoms with van der Waals surface area (Å²) >= 11 is 3.49. The van der Waals surface area contributed by atoms with Gasteiger partial charge in [0.05, 0.1) is 0 Å². The van der Waals surface area contributed by atoms with Crippen molar-refractivity contribution < 1.29 is 0 Å². The molecule has 0 aromatic rings. The van der Waals surface area contributed by atoms with Crippen LogP contribution in [0.1, 0.15) is 40.0 Å². The minimum atomic E-state index is 0.866. The minimum Gasteiger partial charge on any atom is -0.304 e. The maximum absolute atomic E-state index is 3.49. The standard InChI is InChI=1S/C11H24BrN/c1-4-9-13(5-2)10-7-11(3)6-8-12/h11H,4-10H2,1-3H3. The van der Waals surface area contributed by atoms with Gasteiger partial charge in [0, 0.05) is 5.33 Å². The molecule has 1 nitrogen and oxygen atoms in total. The van der Waals surface area contributed by atoms with Gasteiger partial charge >= 0.3 is 0 Å². The SMILES string of the molecule is CCCN(CC)CCC(C)CCBr. The summed E-state index contributed by atoms with van der Waals surface area (Å²) in [5, 5.41) is 1.15. The first-order chi connectivity index (χ1) is 6.24. The summed E-state index contributed by atoms with van der Waals surface area (Å²) in [4.78, 5) is 2.55. The lowest BCUT2D eigenvalue weighted by Crippen LogP contribution is -2.26. The van der Waals surface area contributed by atoms with Gasteiger partial charge in [-0.1, -0.05) is 36.7 Å². The lowest BCUT2D eigenvalue weighted by Gasteiger charge is -2.21. The molecule has 0 spiro atoms. The van der Waals surface area contributed by atoms with Gasteiger partial charge < -0.3 is 4.90 Å². The number of rotatable bonds is 8. The van der Waals surface area contributed by atoms with Crippen LogP contribution in [0.15, 0.2) is 0 Å². The number of nitrogens with zero attached hydrogens (tertiary/aromatic N) is 1. The Balaban J connectivity index is 3.46. The zero-order valence-electron chi connectivity index (χ0n) is 9.35. The topological polar surface area (TPSA) is 3.24 Å². The molecule has 0 rings (SSSR count). The fourth-order valence-electron chi connectivity index (χ4n) is 1.48. The van der Waals surface area contributed by atoms with Crippen molar-refractivity contribution in [1.82, 2.24) is 4.90 Å². The molecule has 0 aliphatic rings. The van der Waals surface area contributed by atoms with Crippen LogP contribution in [-0.4, -0.2) is 29.9 Å². The number of alkyl halides is 1. The molecule has 0 amide bonds. The zero-order chi connectivity index (χ0) is 10.1. The first kappa shape index (κ1) is 13.4. The molecule has 1 atom stereocenters. The lowest BCUT2D eigenvalue weighted by atomic mass is 10.1. The summed E-state index contributed by atoms with van der Waals surface area (Å²) in [7, 11) is 0. The second kappa shape index (κ2) is 9.01. The van der Waals surface area contributed by atoms with Crippen molar-refractivity contribution in [3.63, 3.8) is 0 Å². The molecule has 1 unspecified atom stereocenters. The van der Waals surface area contributed by atoms with Gasteiger partial charge in [0.15, 0.2) is 0 Å². The molecule has 0 heterocycles. The summed E-state index contributed by atoms with van der Waals surface area (Å²) in [5.41, 5.74) is 0. The maximum atomic E-state index is 3.49. The van der Waals surface area contributed by atoms with Crippen LogP contribution in [0, 0.1) is 5.92 Å². The second-order valence-corrected chi connectivity index (χ2v) is 4.60. The second-order valence-electron chi connectivity index (χ2n) is 3.81. The van der Waals surface area contributed by atoms with Crippen LogP contribution >= 0.6 is 15.9 Å². The molecule has 0 radical (unpaired) electrons. The Morgan fingerprint density at radius 2 is 1.85 bits per heavy atom. The third kappa shape index (κ3) is 7.51. The van der Waals surface area contributed by atoms with Gasteiger partial charge in [0.1, 0.15) is 0 Å². The van der Waals surface area contributed by atoms with E-state index in [9.17, 15) is 0 Å². The first-order valence-corrected chi connectivity index (χ1v) is 6.65. The van der Waals surface area contributed by atoms with Crippen molar-refractivity contribution in [3.8, 4) is 0 Å². The van der Waals surface area contributed by atoms with Crippen LogP contribution in [0.3, 0.4) is 0 Å². The highest BCUT2D eigenvalue weighted by Crippen LogP contribution is 2.10. The van der Waals surface area contributed by atoms with Gasteiger partial charge in [-0.3, -0.25) is 0 Å². The molecule has 0 aromatic carbocycles. The molecule has 80 valence electrons. The fourth-order valence-corrected chi connectivity index (χ4v) is 2.26. The molecule has 0 saturated carbocycles. The molecule has 0 aliphatic carbocycles. The summed E-state index contributed by atoms with van der Waals surface area (Å²) in [6, 6.07) is 0. The van der Waals surface area contributed by atoms with Gasteiger partial charge in [-0.2, -0.15) is 0 Å². The van der Waals surface area contributed by atoms with E-state index in [2.05, 4.69) is 41.6 Å². The van der Waals surface area contributed by atoms with E-state index in [4.69, 9.17) is 0 Å². The lowest BCUT2D eigenvalue weighted by molar-refractivity contribution is 0.266. The molecule has 0 fully saturated rings. The first-order valence-electron chi connectivity index (χ1n) is 5.52. The van der Waals surface area contributed by atoms with E-state index in [1.165, 1.54) is 38.9 Å². The van der Waals surface area contributed by atoms with E-state index >= 15 is 0 Å². The van der Waals surface area contributed by atoms with E-state index in [1.54, 1.807) is 0 Å². The maximum Gasteiger partial charge on any atom is 0.00338 e. The largest absolute Gasteiger partial charge is 0.304 e. The summed E-state index contributed by atoms with van der Waals surface area (Å²) < 4.78 is 0. The van der Waals surface area contributed by atoms with Gasteiger partial charge in [-0.05, 0) is 44.8 Å². The van der Waals surface area contributed by atoms with Crippen molar-refractivity contribution in [2.75, 3.05) is 25.0 Å². The Bertz CT molecular complexity index is 106. The summed E-state index contributed by atoms with van der Waals surface area (Å²) in [6.45, 7) is 10.6. The van der Waals surface area contributed by atoms with Crippen molar-refractivity contribution in [1.29, 1.82) is 0 Å². The smallest absolute Gasteiger partial charge is 0.00338 e. The average molecular weight is 250 g/mol. The van der Waals surface area contributed by atoms with Gasteiger partial charge in [0.2, 0.25) is 0 Å². The molecular formula is C11H24BrN. The quantitative estimate of drug-likeness (QED) is 0.596. The molecule has 0 N–H and O–H groups in total. The van der Waals surface area contributed by atoms with Crippen LogP contribution in [-0.2, 0) is 0 Å². The van der Waals surface area contributed by atoms with Crippen LogP contribution in [0.5, 0.6) is 0 Å². The van der Waals surface area contributed by atoms with Crippen molar-refractivity contribution in [3.05, 3.63) is 0 Å². The number of halogens is 1. The Kier molecular flexibility index (Phi) is 9.32. The molecule has 0 aromatic heterocycles. The Morgan fingerprint density at radius 1 is 1.15 bits per heavy atom.